The summed E-state index contributed by atoms with van der Waals surface area (Å²) in [6.45, 7) is 14.1. The predicted molar refractivity (Wildman–Crippen MR) is 185 cm³/mol. The van der Waals surface area contributed by atoms with Gasteiger partial charge in [0.15, 0.2) is 0 Å². The van der Waals surface area contributed by atoms with Gasteiger partial charge < -0.3 is 9.80 Å². The van der Waals surface area contributed by atoms with Crippen molar-refractivity contribution in [3.05, 3.63) is 72.4 Å². The number of hydrogen-bond acceptors (Lipinski definition) is 3. The van der Waals surface area contributed by atoms with E-state index in [2.05, 4.69) is 109 Å². The van der Waals surface area contributed by atoms with E-state index < -0.39 is 0 Å². The lowest BCUT2D eigenvalue weighted by atomic mass is 9.68. The van der Waals surface area contributed by atoms with Crippen LogP contribution in [0.25, 0.3) is 38.6 Å². The molecule has 2 atom stereocenters. The van der Waals surface area contributed by atoms with Crippen LogP contribution in [0.4, 0.5) is 11.4 Å². The van der Waals surface area contributed by atoms with E-state index in [1.54, 1.807) is 0 Å². The Labute approximate surface area is 257 Å². The molecule has 0 aliphatic carbocycles. The highest BCUT2D eigenvalue weighted by Crippen LogP contribution is 2.46. The van der Waals surface area contributed by atoms with Gasteiger partial charge in [-0.2, -0.15) is 0 Å². The van der Waals surface area contributed by atoms with Crippen LogP contribution in [0.15, 0.2) is 66.9 Å². The van der Waals surface area contributed by atoms with Crippen molar-refractivity contribution in [2.45, 2.75) is 84.5 Å². The monoisotopic (exact) mass is 572 g/mol. The number of aromatic nitrogens is 2. The van der Waals surface area contributed by atoms with E-state index >= 15 is 0 Å². The minimum absolute atomic E-state index is 0.0635. The summed E-state index contributed by atoms with van der Waals surface area (Å²) in [5.74, 6) is 0.564. The van der Waals surface area contributed by atoms with Gasteiger partial charge in [0.25, 0.3) is 0 Å². The summed E-state index contributed by atoms with van der Waals surface area (Å²) < 4.78 is 2.52. The van der Waals surface area contributed by atoms with E-state index in [-0.39, 0.29) is 5.41 Å². The Kier molecular flexibility index (Phi) is 7.57. The van der Waals surface area contributed by atoms with E-state index in [1.165, 1.54) is 88.4 Å². The molecule has 0 saturated carbocycles. The lowest BCUT2D eigenvalue weighted by molar-refractivity contribution is 0.298. The first-order valence-electron chi connectivity index (χ1n) is 17.0. The molecule has 0 bridgehead atoms. The van der Waals surface area contributed by atoms with Crippen LogP contribution in [-0.2, 0) is 5.41 Å². The van der Waals surface area contributed by atoms with Crippen molar-refractivity contribution in [1.29, 1.82) is 0 Å². The lowest BCUT2D eigenvalue weighted by Crippen LogP contribution is -2.32. The zero-order valence-corrected chi connectivity index (χ0v) is 26.7. The van der Waals surface area contributed by atoms with Gasteiger partial charge in [-0.25, -0.2) is 4.98 Å². The topological polar surface area (TPSA) is 23.8 Å². The lowest BCUT2D eigenvalue weighted by Gasteiger charge is -2.36. The fraction of sp³-hybridized carbons (Fsp3) is 0.462. The number of benzene rings is 3. The van der Waals surface area contributed by atoms with Gasteiger partial charge in [0, 0.05) is 53.9 Å². The van der Waals surface area contributed by atoms with Crippen LogP contribution in [0.1, 0.15) is 84.6 Å². The van der Waals surface area contributed by atoms with Gasteiger partial charge in [-0.3, -0.25) is 4.40 Å². The second-order valence-corrected chi connectivity index (χ2v) is 13.4. The Hall–Kier alpha value is -3.53. The summed E-state index contributed by atoms with van der Waals surface area (Å²) in [6.07, 6.45) is 12.2. The molecule has 4 heterocycles. The number of hydrogen-bond donors (Lipinski definition) is 0. The normalized spacial score (nSPS) is 18.4. The van der Waals surface area contributed by atoms with Crippen LogP contribution in [0, 0.1) is 5.92 Å². The third-order valence-corrected chi connectivity index (χ3v) is 11.2. The largest absolute Gasteiger partial charge is 0.371 e. The third-order valence-electron chi connectivity index (χ3n) is 11.2. The second-order valence-electron chi connectivity index (χ2n) is 13.4. The summed E-state index contributed by atoms with van der Waals surface area (Å²) in [5, 5.41) is 3.96. The van der Waals surface area contributed by atoms with E-state index in [4.69, 9.17) is 4.98 Å². The molecule has 2 unspecified atom stereocenters. The van der Waals surface area contributed by atoms with Gasteiger partial charge in [-0.1, -0.05) is 76.6 Å². The third kappa shape index (κ3) is 4.60. The first-order chi connectivity index (χ1) is 21.1. The highest BCUT2D eigenvalue weighted by Gasteiger charge is 2.33. The maximum atomic E-state index is 5.37. The molecule has 0 N–H and O–H groups in total. The molecule has 0 spiro atoms. The molecule has 5 aromatic rings. The van der Waals surface area contributed by atoms with Crippen molar-refractivity contribution < 1.29 is 0 Å². The van der Waals surface area contributed by atoms with Gasteiger partial charge in [0.2, 0.25) is 0 Å². The minimum atomic E-state index is 0.0635. The molecule has 2 aromatic heterocycles. The summed E-state index contributed by atoms with van der Waals surface area (Å²) >= 11 is 0. The van der Waals surface area contributed by atoms with Crippen LogP contribution in [0.3, 0.4) is 0 Å². The Morgan fingerprint density at radius 3 is 1.98 bits per heavy atom. The number of imidazole rings is 1. The second kappa shape index (κ2) is 11.5. The van der Waals surface area contributed by atoms with Crippen molar-refractivity contribution in [3.63, 3.8) is 0 Å². The molecule has 224 valence electrons. The van der Waals surface area contributed by atoms with Crippen molar-refractivity contribution >= 4 is 38.7 Å². The van der Waals surface area contributed by atoms with E-state index in [0.29, 0.717) is 5.92 Å². The maximum absolute atomic E-state index is 5.37. The molecule has 2 fully saturated rings. The zero-order chi connectivity index (χ0) is 29.6. The Bertz CT molecular complexity index is 1720. The smallest absolute Gasteiger partial charge is 0.145 e. The molecule has 4 heteroatoms. The summed E-state index contributed by atoms with van der Waals surface area (Å²) in [7, 11) is 0. The fourth-order valence-electron chi connectivity index (χ4n) is 8.18. The number of nitrogens with zero attached hydrogens (tertiary/aromatic N) is 4. The average Bonchev–Trinajstić information content (AvgIpc) is 3.53. The zero-order valence-electron chi connectivity index (χ0n) is 26.7. The van der Waals surface area contributed by atoms with Gasteiger partial charge in [0.1, 0.15) is 5.65 Å². The van der Waals surface area contributed by atoms with Gasteiger partial charge >= 0.3 is 0 Å². The Morgan fingerprint density at radius 2 is 1.35 bits per heavy atom. The van der Waals surface area contributed by atoms with E-state index in [9.17, 15) is 0 Å². The molecule has 2 saturated heterocycles. The Morgan fingerprint density at radius 1 is 0.744 bits per heavy atom. The minimum Gasteiger partial charge on any atom is -0.371 e. The molecule has 2 aliphatic rings. The molecule has 7 rings (SSSR count). The molecule has 4 nitrogen and oxygen atoms in total. The highest BCUT2D eigenvalue weighted by atomic mass is 15.2. The van der Waals surface area contributed by atoms with Crippen LogP contribution in [0.5, 0.6) is 0 Å². The quantitative estimate of drug-likeness (QED) is 0.181. The molecule has 3 aromatic carbocycles. The first-order valence-corrected chi connectivity index (χ1v) is 17.0. The standard InChI is InChI=1S/C39H48N4/c1-5-28(3)39(4,6-2)31-19-15-18-30-29-17-9-10-20-32(29)43-35(27-40-38(43)36(30)31)37-33(41-23-11-7-12-24-41)21-16-22-34(37)42-25-13-8-14-26-42/h9-10,15-22,27-28H,5-8,11-14,23-26H2,1-4H3. The summed E-state index contributed by atoms with van der Waals surface area (Å²) in [5.41, 5.74) is 9.19. The number of para-hydroxylation sites is 1. The Balaban J connectivity index is 1.58. The number of anilines is 2. The van der Waals surface area contributed by atoms with E-state index in [1.807, 2.05) is 0 Å². The average molecular weight is 573 g/mol. The number of fused-ring (bicyclic) bond motifs is 6. The molecule has 0 radical (unpaired) electrons. The van der Waals surface area contributed by atoms with E-state index in [0.717, 1.165) is 44.7 Å². The van der Waals surface area contributed by atoms with Gasteiger partial charge in [0.05, 0.1) is 17.4 Å². The SMILES string of the molecule is CCC(C)C(C)(CC)c1cccc2c3ccccc3n3c(-c4c(N5CCCCC5)cccc4N4CCCCC4)cnc3c12. The first kappa shape index (κ1) is 28.3. The fourth-order valence-corrected chi connectivity index (χ4v) is 8.18. The maximum Gasteiger partial charge on any atom is 0.145 e. The van der Waals surface area contributed by atoms with Crippen LogP contribution >= 0.6 is 0 Å². The van der Waals surface area contributed by atoms with Crippen molar-refractivity contribution in [1.82, 2.24) is 9.38 Å². The summed E-state index contributed by atoms with van der Waals surface area (Å²) in [4.78, 5) is 10.7. The molecule has 43 heavy (non-hydrogen) atoms. The van der Waals surface area contributed by atoms with Crippen LogP contribution < -0.4 is 9.80 Å². The summed E-state index contributed by atoms with van der Waals surface area (Å²) in [6, 6.07) is 23.1. The molecule has 0 amide bonds. The van der Waals surface area contributed by atoms with Crippen LogP contribution in [-0.4, -0.2) is 35.6 Å². The van der Waals surface area contributed by atoms with Gasteiger partial charge in [-0.05, 0) is 85.4 Å². The van der Waals surface area contributed by atoms with Crippen LogP contribution in [0.2, 0.25) is 0 Å². The number of rotatable bonds is 7. The molecule has 2 aliphatic heterocycles. The van der Waals surface area contributed by atoms with Crippen molar-refractivity contribution in [2.75, 3.05) is 36.0 Å². The molecular weight excluding hydrogens is 524 g/mol. The number of pyridine rings is 1. The predicted octanol–water partition coefficient (Wildman–Crippen LogP) is 10.0. The van der Waals surface area contributed by atoms with Crippen molar-refractivity contribution in [2.24, 2.45) is 5.92 Å². The number of piperidine rings is 2. The van der Waals surface area contributed by atoms with Gasteiger partial charge in [-0.15, -0.1) is 0 Å². The van der Waals surface area contributed by atoms with Crippen molar-refractivity contribution in [3.8, 4) is 11.3 Å². The molecular formula is C39H48N4. The highest BCUT2D eigenvalue weighted by molar-refractivity contribution is 6.14.